The Balaban J connectivity index is 3.17. The Hall–Kier alpha value is -0.610. The number of esters is 1. The minimum Gasteiger partial charge on any atom is -0.463 e. The first-order valence-electron chi connectivity index (χ1n) is 10.5. The number of carbonyl (C=O) groups is 1. The zero-order valence-electron chi connectivity index (χ0n) is 16.7. The molecule has 150 valence electrons. The Bertz CT molecular complexity index is 294. The summed E-state index contributed by atoms with van der Waals surface area (Å²) in [6.45, 7) is 4.16. The standard InChI is InChI=1S/C21H42O4/c1-3-19(2)15-13-11-9-7-5-4-6-8-10-12-14-16-21(24)25-18-20(23)17-22/h19-20,22-23H,3-18H2,1-2H3. The van der Waals surface area contributed by atoms with Gasteiger partial charge < -0.3 is 14.9 Å². The fourth-order valence-corrected chi connectivity index (χ4v) is 2.87. The summed E-state index contributed by atoms with van der Waals surface area (Å²) >= 11 is 0. The maximum atomic E-state index is 11.4. The van der Waals surface area contributed by atoms with Crippen molar-refractivity contribution < 1.29 is 19.7 Å². The first kappa shape index (κ1) is 24.4. The van der Waals surface area contributed by atoms with E-state index in [1.54, 1.807) is 0 Å². The van der Waals surface area contributed by atoms with Crippen molar-refractivity contribution in [2.24, 2.45) is 5.92 Å². The zero-order valence-corrected chi connectivity index (χ0v) is 16.7. The maximum Gasteiger partial charge on any atom is 0.305 e. The van der Waals surface area contributed by atoms with Crippen molar-refractivity contribution in [3.8, 4) is 0 Å². The molecule has 4 nitrogen and oxygen atoms in total. The van der Waals surface area contributed by atoms with Gasteiger partial charge in [-0.15, -0.1) is 0 Å². The third-order valence-corrected chi connectivity index (χ3v) is 4.92. The summed E-state index contributed by atoms with van der Waals surface area (Å²) in [4.78, 5) is 11.4. The summed E-state index contributed by atoms with van der Waals surface area (Å²) in [7, 11) is 0. The number of unbranched alkanes of at least 4 members (excludes halogenated alkanes) is 10. The van der Waals surface area contributed by atoms with Gasteiger partial charge in [0, 0.05) is 6.42 Å². The topological polar surface area (TPSA) is 66.8 Å². The average Bonchev–Trinajstić information content (AvgIpc) is 2.62. The third kappa shape index (κ3) is 18.0. The molecule has 0 amide bonds. The van der Waals surface area contributed by atoms with Crippen molar-refractivity contribution >= 4 is 5.97 Å². The molecule has 0 bridgehead atoms. The van der Waals surface area contributed by atoms with Crippen LogP contribution in [0.5, 0.6) is 0 Å². The van der Waals surface area contributed by atoms with E-state index >= 15 is 0 Å². The van der Waals surface area contributed by atoms with E-state index in [1.807, 2.05) is 0 Å². The van der Waals surface area contributed by atoms with Crippen molar-refractivity contribution in [2.45, 2.75) is 110 Å². The molecule has 2 atom stereocenters. The van der Waals surface area contributed by atoms with Crippen molar-refractivity contribution in [1.29, 1.82) is 0 Å². The van der Waals surface area contributed by atoms with Crippen molar-refractivity contribution in [3.05, 3.63) is 0 Å². The van der Waals surface area contributed by atoms with E-state index in [-0.39, 0.29) is 19.2 Å². The molecule has 0 spiro atoms. The molecule has 0 saturated carbocycles. The molecular formula is C21H42O4. The molecule has 0 aromatic carbocycles. The zero-order chi connectivity index (χ0) is 18.8. The van der Waals surface area contributed by atoms with Crippen LogP contribution in [0.2, 0.25) is 0 Å². The number of aliphatic hydroxyl groups excluding tert-OH is 2. The van der Waals surface area contributed by atoms with Gasteiger partial charge in [-0.05, 0) is 12.3 Å². The van der Waals surface area contributed by atoms with Gasteiger partial charge in [-0.2, -0.15) is 0 Å². The van der Waals surface area contributed by atoms with Gasteiger partial charge in [0.1, 0.15) is 12.7 Å². The minimum absolute atomic E-state index is 0.104. The van der Waals surface area contributed by atoms with Crippen LogP contribution in [0.4, 0.5) is 0 Å². The first-order chi connectivity index (χ1) is 12.1. The second kappa shape index (κ2) is 18.2. The van der Waals surface area contributed by atoms with E-state index in [2.05, 4.69) is 13.8 Å². The van der Waals surface area contributed by atoms with Gasteiger partial charge >= 0.3 is 5.97 Å². The predicted molar refractivity (Wildman–Crippen MR) is 104 cm³/mol. The summed E-state index contributed by atoms with van der Waals surface area (Å²) < 4.78 is 4.87. The molecular weight excluding hydrogens is 316 g/mol. The Morgan fingerprint density at radius 1 is 0.880 bits per heavy atom. The fourth-order valence-electron chi connectivity index (χ4n) is 2.87. The highest BCUT2D eigenvalue weighted by Crippen LogP contribution is 2.15. The van der Waals surface area contributed by atoms with Crippen LogP contribution in [0, 0.1) is 5.92 Å². The summed E-state index contributed by atoms with van der Waals surface area (Å²) in [5, 5.41) is 17.7. The molecule has 0 aliphatic heterocycles. The second-order valence-electron chi connectivity index (χ2n) is 7.46. The van der Waals surface area contributed by atoms with Crippen LogP contribution < -0.4 is 0 Å². The molecule has 0 saturated heterocycles. The van der Waals surface area contributed by atoms with E-state index in [0.29, 0.717) is 6.42 Å². The van der Waals surface area contributed by atoms with E-state index in [0.717, 1.165) is 18.8 Å². The second-order valence-corrected chi connectivity index (χ2v) is 7.46. The average molecular weight is 359 g/mol. The molecule has 0 heterocycles. The Morgan fingerprint density at radius 2 is 1.36 bits per heavy atom. The third-order valence-electron chi connectivity index (χ3n) is 4.92. The van der Waals surface area contributed by atoms with Crippen molar-refractivity contribution in [3.63, 3.8) is 0 Å². The lowest BCUT2D eigenvalue weighted by Gasteiger charge is -2.08. The lowest BCUT2D eigenvalue weighted by Crippen LogP contribution is -2.21. The van der Waals surface area contributed by atoms with Crippen LogP contribution in [0.25, 0.3) is 0 Å². The molecule has 0 radical (unpaired) electrons. The smallest absolute Gasteiger partial charge is 0.305 e. The number of hydrogen-bond donors (Lipinski definition) is 2. The largest absolute Gasteiger partial charge is 0.463 e. The van der Waals surface area contributed by atoms with E-state index < -0.39 is 6.10 Å². The molecule has 25 heavy (non-hydrogen) atoms. The van der Waals surface area contributed by atoms with Crippen LogP contribution in [-0.2, 0) is 9.53 Å². The van der Waals surface area contributed by atoms with E-state index in [4.69, 9.17) is 14.9 Å². The summed E-state index contributed by atoms with van der Waals surface area (Å²) in [5.41, 5.74) is 0. The molecule has 0 aliphatic rings. The quantitative estimate of drug-likeness (QED) is 0.267. The van der Waals surface area contributed by atoms with E-state index in [9.17, 15) is 4.79 Å². The highest BCUT2D eigenvalue weighted by molar-refractivity contribution is 5.69. The van der Waals surface area contributed by atoms with Gasteiger partial charge in [0.2, 0.25) is 0 Å². The minimum atomic E-state index is -0.955. The predicted octanol–water partition coefficient (Wildman–Crippen LogP) is 5.00. The molecule has 0 rings (SSSR count). The normalized spacial score (nSPS) is 13.6. The molecule has 0 aromatic rings. The maximum absolute atomic E-state index is 11.4. The van der Waals surface area contributed by atoms with Crippen LogP contribution in [0.15, 0.2) is 0 Å². The molecule has 0 aliphatic carbocycles. The molecule has 2 unspecified atom stereocenters. The van der Waals surface area contributed by atoms with Gasteiger partial charge in [-0.1, -0.05) is 90.9 Å². The summed E-state index contributed by atoms with van der Waals surface area (Å²) in [6.07, 6.45) is 16.1. The van der Waals surface area contributed by atoms with Gasteiger partial charge in [-0.25, -0.2) is 0 Å². The van der Waals surface area contributed by atoms with E-state index in [1.165, 1.54) is 70.6 Å². The molecule has 4 heteroatoms. The number of ether oxygens (including phenoxy) is 1. The number of rotatable bonds is 18. The Labute approximate surface area is 155 Å². The summed E-state index contributed by atoms with van der Waals surface area (Å²) in [5.74, 6) is 0.620. The number of aliphatic hydroxyl groups is 2. The molecule has 0 aromatic heterocycles. The number of carbonyl (C=O) groups excluding carboxylic acids is 1. The fraction of sp³-hybridized carbons (Fsp3) is 0.952. The monoisotopic (exact) mass is 358 g/mol. The van der Waals surface area contributed by atoms with Crippen molar-refractivity contribution in [2.75, 3.05) is 13.2 Å². The molecule has 2 N–H and O–H groups in total. The van der Waals surface area contributed by atoms with Gasteiger partial charge in [0.25, 0.3) is 0 Å². The number of hydrogen-bond acceptors (Lipinski definition) is 4. The highest BCUT2D eigenvalue weighted by atomic mass is 16.5. The lowest BCUT2D eigenvalue weighted by atomic mass is 9.99. The van der Waals surface area contributed by atoms with Crippen LogP contribution in [-0.4, -0.2) is 35.5 Å². The Kier molecular flexibility index (Phi) is 17.7. The van der Waals surface area contributed by atoms with Crippen LogP contribution in [0.1, 0.15) is 104 Å². The van der Waals surface area contributed by atoms with Crippen LogP contribution >= 0.6 is 0 Å². The Morgan fingerprint density at radius 3 is 1.84 bits per heavy atom. The van der Waals surface area contributed by atoms with Crippen molar-refractivity contribution in [1.82, 2.24) is 0 Å². The van der Waals surface area contributed by atoms with Gasteiger partial charge in [-0.3, -0.25) is 4.79 Å². The first-order valence-corrected chi connectivity index (χ1v) is 10.5. The highest BCUT2D eigenvalue weighted by Gasteiger charge is 2.07. The van der Waals surface area contributed by atoms with Crippen LogP contribution in [0.3, 0.4) is 0 Å². The SMILES string of the molecule is CCC(C)CCCCCCCCCCCCCC(=O)OCC(O)CO. The van der Waals surface area contributed by atoms with Gasteiger partial charge in [0.15, 0.2) is 0 Å². The molecule has 0 fully saturated rings. The van der Waals surface area contributed by atoms with Gasteiger partial charge in [0.05, 0.1) is 6.61 Å². The lowest BCUT2D eigenvalue weighted by molar-refractivity contribution is -0.147. The summed E-state index contributed by atoms with van der Waals surface area (Å²) in [6, 6.07) is 0.